The lowest BCUT2D eigenvalue weighted by Crippen LogP contribution is -2.67. The summed E-state index contributed by atoms with van der Waals surface area (Å²) in [7, 11) is 1.50. The first-order chi connectivity index (χ1) is 9.63. The van der Waals surface area contributed by atoms with E-state index >= 15 is 0 Å². The molecule has 1 aromatic rings. The second kappa shape index (κ2) is 6.67. The molecule has 0 radical (unpaired) electrons. The molecule has 1 atom stereocenters. The van der Waals surface area contributed by atoms with Gasteiger partial charge >= 0.3 is 11.9 Å². The number of rotatable bonds is 7. The number of ether oxygens (including phenoxy) is 1. The Hall–Kier alpha value is -1.26. The van der Waals surface area contributed by atoms with E-state index in [0.29, 0.717) is 11.3 Å². The monoisotopic (exact) mass is 303 g/mol. The van der Waals surface area contributed by atoms with Gasteiger partial charge in [0, 0.05) is 12.6 Å². The summed E-state index contributed by atoms with van der Waals surface area (Å²) in [6, 6.07) is 5.66. The molecule has 120 valence electrons. The van der Waals surface area contributed by atoms with Crippen LogP contribution < -0.4 is 4.74 Å². The lowest BCUT2D eigenvalue weighted by atomic mass is 10.1. The van der Waals surface area contributed by atoms with E-state index in [9.17, 15) is 10.2 Å². The fraction of sp³-hybridized carbons (Fsp3) is 0.538. The van der Waals surface area contributed by atoms with Gasteiger partial charge in [-0.05, 0) is 24.6 Å². The van der Waals surface area contributed by atoms with Crippen LogP contribution in [0.2, 0.25) is 0 Å². The fourth-order valence-corrected chi connectivity index (χ4v) is 1.79. The van der Waals surface area contributed by atoms with Gasteiger partial charge in [0.2, 0.25) is 0 Å². The van der Waals surface area contributed by atoms with Crippen LogP contribution >= 0.6 is 0 Å². The van der Waals surface area contributed by atoms with Crippen LogP contribution in [0.4, 0.5) is 0 Å². The summed E-state index contributed by atoms with van der Waals surface area (Å²) in [6.07, 6.45) is 0. The number of hydrogen-bond donors (Lipinski definition) is 6. The molecular formula is C13H21NO7. The summed E-state index contributed by atoms with van der Waals surface area (Å²) in [5.74, 6) is -6.54. The molecule has 8 heteroatoms. The predicted octanol–water partition coefficient (Wildman–Crippen LogP) is -1.85. The van der Waals surface area contributed by atoms with E-state index < -0.39 is 24.5 Å². The molecule has 0 aliphatic rings. The van der Waals surface area contributed by atoms with Crippen molar-refractivity contribution in [2.45, 2.75) is 31.4 Å². The Morgan fingerprint density at radius 2 is 1.62 bits per heavy atom. The minimum Gasteiger partial charge on any atom is -0.497 e. The van der Waals surface area contributed by atoms with Crippen LogP contribution in [0, 0.1) is 0 Å². The zero-order valence-electron chi connectivity index (χ0n) is 11.8. The minimum absolute atomic E-state index is 0.165. The number of aliphatic hydroxyl groups is 6. The van der Waals surface area contributed by atoms with Crippen molar-refractivity contribution >= 4 is 0 Å². The van der Waals surface area contributed by atoms with Crippen molar-refractivity contribution in [3.63, 3.8) is 0 Å². The predicted molar refractivity (Wildman–Crippen MR) is 71.6 cm³/mol. The van der Waals surface area contributed by atoms with Gasteiger partial charge in [-0.1, -0.05) is 12.1 Å². The highest BCUT2D eigenvalue weighted by atomic mass is 16.7. The van der Waals surface area contributed by atoms with Crippen LogP contribution in [-0.4, -0.2) is 67.2 Å². The van der Waals surface area contributed by atoms with E-state index in [4.69, 9.17) is 25.2 Å². The van der Waals surface area contributed by atoms with E-state index in [-0.39, 0.29) is 6.54 Å². The molecule has 6 N–H and O–H groups in total. The number of methoxy groups -OCH3 is 1. The van der Waals surface area contributed by atoms with E-state index in [2.05, 4.69) is 0 Å². The van der Waals surface area contributed by atoms with Gasteiger partial charge in [0.15, 0.2) is 0 Å². The molecule has 0 amide bonds. The third kappa shape index (κ3) is 4.11. The molecule has 1 rings (SSSR count). The quantitative estimate of drug-likeness (QED) is 0.323. The van der Waals surface area contributed by atoms with Crippen LogP contribution in [0.1, 0.15) is 12.5 Å². The number of hydrogen-bond acceptors (Lipinski definition) is 8. The first-order valence-electron chi connectivity index (χ1n) is 6.26. The lowest BCUT2D eigenvalue weighted by molar-refractivity contribution is -0.491. The zero-order chi connectivity index (χ0) is 16.3. The summed E-state index contributed by atoms with van der Waals surface area (Å²) in [6.45, 7) is 0.772. The van der Waals surface area contributed by atoms with E-state index in [1.807, 2.05) is 0 Å². The van der Waals surface area contributed by atoms with Gasteiger partial charge in [-0.25, -0.2) is 4.90 Å². The largest absolute Gasteiger partial charge is 0.497 e. The van der Waals surface area contributed by atoms with Gasteiger partial charge in [0.05, 0.1) is 13.7 Å². The molecule has 21 heavy (non-hydrogen) atoms. The van der Waals surface area contributed by atoms with Crippen molar-refractivity contribution in [1.29, 1.82) is 0 Å². The van der Waals surface area contributed by atoms with Crippen molar-refractivity contribution in [2.75, 3.05) is 13.7 Å². The number of benzene rings is 1. The van der Waals surface area contributed by atoms with Crippen LogP contribution in [0.15, 0.2) is 24.3 Å². The molecule has 0 saturated heterocycles. The molecule has 0 bridgehead atoms. The van der Waals surface area contributed by atoms with Crippen molar-refractivity contribution in [1.82, 2.24) is 4.90 Å². The molecule has 0 fully saturated rings. The van der Waals surface area contributed by atoms with Crippen LogP contribution in [0.25, 0.3) is 0 Å². The van der Waals surface area contributed by atoms with E-state index in [1.165, 1.54) is 14.0 Å². The highest BCUT2D eigenvalue weighted by Crippen LogP contribution is 2.25. The van der Waals surface area contributed by atoms with E-state index in [1.54, 1.807) is 24.3 Å². The summed E-state index contributed by atoms with van der Waals surface area (Å²) in [5.41, 5.74) is 0.577. The molecule has 0 aromatic heterocycles. The Morgan fingerprint density at radius 1 is 1.10 bits per heavy atom. The highest BCUT2D eigenvalue weighted by molar-refractivity contribution is 5.27. The minimum atomic E-state index is -3.77. The second-order valence-electron chi connectivity index (χ2n) is 4.78. The number of nitrogens with zero attached hydrogens (tertiary/aromatic N) is 1. The molecule has 0 spiro atoms. The molecule has 0 aliphatic carbocycles. The average Bonchev–Trinajstić information content (AvgIpc) is 2.43. The summed E-state index contributed by atoms with van der Waals surface area (Å²) in [5, 5.41) is 56.0. The Morgan fingerprint density at radius 3 is 2.00 bits per heavy atom. The molecular weight excluding hydrogens is 282 g/mol. The topological polar surface area (TPSA) is 134 Å². The summed E-state index contributed by atoms with van der Waals surface area (Å²) < 4.78 is 4.99. The second-order valence-corrected chi connectivity index (χ2v) is 4.78. The molecule has 0 heterocycles. The molecule has 1 aromatic carbocycles. The van der Waals surface area contributed by atoms with Gasteiger partial charge in [0.1, 0.15) is 5.75 Å². The first-order valence-corrected chi connectivity index (χ1v) is 6.26. The normalized spacial score (nSPS) is 14.3. The van der Waals surface area contributed by atoms with Crippen molar-refractivity contribution < 1.29 is 35.4 Å². The summed E-state index contributed by atoms with van der Waals surface area (Å²) >= 11 is 0. The standard InChI is InChI=1S/C13H21NO7/c1-9(8-15)14(12(16,17)13(18,19)20)7-10-3-5-11(21-2)6-4-10/h3-6,9,15-20H,7-8H2,1-2H3. The van der Waals surface area contributed by atoms with Gasteiger partial charge in [-0.2, -0.15) is 0 Å². The van der Waals surface area contributed by atoms with Crippen LogP contribution in [0.5, 0.6) is 5.75 Å². The van der Waals surface area contributed by atoms with Crippen molar-refractivity contribution in [3.8, 4) is 5.75 Å². The first kappa shape index (κ1) is 17.8. The maximum absolute atomic E-state index is 9.77. The third-order valence-electron chi connectivity index (χ3n) is 3.16. The maximum atomic E-state index is 9.77. The third-order valence-corrected chi connectivity index (χ3v) is 3.16. The van der Waals surface area contributed by atoms with Gasteiger partial charge < -0.3 is 35.4 Å². The van der Waals surface area contributed by atoms with Crippen LogP contribution in [0.3, 0.4) is 0 Å². The highest BCUT2D eigenvalue weighted by Gasteiger charge is 2.52. The van der Waals surface area contributed by atoms with Gasteiger partial charge in [-0.15, -0.1) is 0 Å². The molecule has 8 nitrogen and oxygen atoms in total. The smallest absolute Gasteiger partial charge is 0.349 e. The Bertz CT molecular complexity index is 441. The van der Waals surface area contributed by atoms with Crippen LogP contribution in [-0.2, 0) is 6.54 Å². The van der Waals surface area contributed by atoms with Gasteiger partial charge in [0.25, 0.3) is 0 Å². The maximum Gasteiger partial charge on any atom is 0.349 e. The SMILES string of the molecule is COc1ccc(CN(C(C)CO)C(O)(O)C(O)(O)O)cc1. The summed E-state index contributed by atoms with van der Waals surface area (Å²) in [4.78, 5) is 0.745. The van der Waals surface area contributed by atoms with Crippen molar-refractivity contribution in [3.05, 3.63) is 29.8 Å². The molecule has 1 unspecified atom stereocenters. The zero-order valence-corrected chi connectivity index (χ0v) is 11.8. The van der Waals surface area contributed by atoms with Crippen molar-refractivity contribution in [2.24, 2.45) is 0 Å². The lowest BCUT2D eigenvalue weighted by Gasteiger charge is -2.42. The molecule has 0 saturated carbocycles. The number of aliphatic hydroxyl groups excluding tert-OH is 1. The average molecular weight is 303 g/mol. The van der Waals surface area contributed by atoms with Gasteiger partial charge in [-0.3, -0.25) is 0 Å². The Kier molecular flexibility index (Phi) is 5.65. The Labute approximate surface area is 122 Å². The fourth-order valence-electron chi connectivity index (χ4n) is 1.79. The molecule has 0 aliphatic heterocycles. The van der Waals surface area contributed by atoms with E-state index in [0.717, 1.165) is 4.90 Å². The Balaban J connectivity index is 3.03.